The smallest absolute Gasteiger partial charge is 0.272 e. The zero-order valence-corrected chi connectivity index (χ0v) is 14.1. The van der Waals surface area contributed by atoms with Gasteiger partial charge in [-0.2, -0.15) is 10.1 Å². The Hall–Kier alpha value is -2.22. The molecule has 4 rings (SSSR count). The van der Waals surface area contributed by atoms with Crippen LogP contribution in [0.5, 0.6) is 0 Å². The van der Waals surface area contributed by atoms with Crippen LogP contribution in [0.25, 0.3) is 0 Å². The molecular formula is C16H21N5O3. The molecule has 8 nitrogen and oxygen atoms in total. The van der Waals surface area contributed by atoms with Gasteiger partial charge in [0.1, 0.15) is 5.69 Å². The van der Waals surface area contributed by atoms with Crippen LogP contribution >= 0.6 is 0 Å². The molecule has 2 aliphatic heterocycles. The van der Waals surface area contributed by atoms with E-state index < -0.39 is 0 Å². The van der Waals surface area contributed by atoms with Gasteiger partial charge in [0.25, 0.3) is 5.91 Å². The van der Waals surface area contributed by atoms with Gasteiger partial charge in [0.2, 0.25) is 5.89 Å². The van der Waals surface area contributed by atoms with E-state index in [2.05, 4.69) is 15.2 Å². The quantitative estimate of drug-likeness (QED) is 0.839. The standard InChI is InChI=1S/C16H21N5O3/c1-4-21-13(5-9(2)18-21)16(22)20-6-11-12(8-23-14(11)7-20)15-17-10(3)19-24-15/h5,11-12,14H,4,6-8H2,1-3H3/t11-,12-,14-/m1/s1. The van der Waals surface area contributed by atoms with Crippen molar-refractivity contribution in [1.29, 1.82) is 0 Å². The number of aromatic nitrogens is 4. The van der Waals surface area contributed by atoms with E-state index in [9.17, 15) is 4.79 Å². The second kappa shape index (κ2) is 5.70. The van der Waals surface area contributed by atoms with Gasteiger partial charge in [0, 0.05) is 25.6 Å². The van der Waals surface area contributed by atoms with E-state index in [-0.39, 0.29) is 23.8 Å². The highest BCUT2D eigenvalue weighted by Gasteiger charge is 2.48. The van der Waals surface area contributed by atoms with Crippen molar-refractivity contribution in [2.24, 2.45) is 5.92 Å². The van der Waals surface area contributed by atoms with Crippen LogP contribution in [0.2, 0.25) is 0 Å². The minimum atomic E-state index is 0.0101. The molecule has 2 saturated heterocycles. The van der Waals surface area contributed by atoms with E-state index >= 15 is 0 Å². The van der Waals surface area contributed by atoms with Crippen LogP contribution < -0.4 is 0 Å². The zero-order chi connectivity index (χ0) is 16.8. The number of hydrogen-bond donors (Lipinski definition) is 0. The first-order valence-corrected chi connectivity index (χ1v) is 8.32. The topological polar surface area (TPSA) is 86.3 Å². The number of rotatable bonds is 3. The van der Waals surface area contributed by atoms with Gasteiger partial charge < -0.3 is 14.2 Å². The average Bonchev–Trinajstić information content (AvgIpc) is 3.29. The predicted octanol–water partition coefficient (Wildman–Crippen LogP) is 1.16. The van der Waals surface area contributed by atoms with Crippen LogP contribution in [0.15, 0.2) is 10.6 Å². The molecule has 2 aliphatic rings. The minimum Gasteiger partial charge on any atom is -0.375 e. The van der Waals surface area contributed by atoms with Gasteiger partial charge in [0.05, 0.1) is 24.3 Å². The van der Waals surface area contributed by atoms with Crippen molar-refractivity contribution in [3.05, 3.63) is 29.2 Å². The third kappa shape index (κ3) is 2.41. The fourth-order valence-corrected chi connectivity index (χ4v) is 3.72. The van der Waals surface area contributed by atoms with Gasteiger partial charge in [-0.3, -0.25) is 9.48 Å². The van der Waals surface area contributed by atoms with Crippen LogP contribution in [0, 0.1) is 19.8 Å². The normalized spacial score (nSPS) is 26.1. The highest BCUT2D eigenvalue weighted by atomic mass is 16.5. The Balaban J connectivity index is 1.53. The molecule has 24 heavy (non-hydrogen) atoms. The molecule has 1 amide bonds. The molecule has 2 aromatic rings. The van der Waals surface area contributed by atoms with Crippen LogP contribution in [0.4, 0.5) is 0 Å². The summed E-state index contributed by atoms with van der Waals surface area (Å²) in [5.74, 6) is 1.51. The molecule has 128 valence electrons. The summed E-state index contributed by atoms with van der Waals surface area (Å²) in [6.07, 6.45) is 0.0326. The van der Waals surface area contributed by atoms with Gasteiger partial charge in [-0.15, -0.1) is 0 Å². The number of carbonyl (C=O) groups is 1. The summed E-state index contributed by atoms with van der Waals surface area (Å²) in [5.41, 5.74) is 1.50. The van der Waals surface area contributed by atoms with Crippen LogP contribution in [0.3, 0.4) is 0 Å². The van der Waals surface area contributed by atoms with Crippen LogP contribution in [0.1, 0.15) is 40.7 Å². The molecule has 0 radical (unpaired) electrons. The maximum atomic E-state index is 12.9. The lowest BCUT2D eigenvalue weighted by Gasteiger charge is -2.18. The molecule has 0 aliphatic carbocycles. The van der Waals surface area contributed by atoms with E-state index in [1.807, 2.05) is 24.8 Å². The van der Waals surface area contributed by atoms with E-state index in [4.69, 9.17) is 9.26 Å². The van der Waals surface area contributed by atoms with Gasteiger partial charge >= 0.3 is 0 Å². The van der Waals surface area contributed by atoms with E-state index in [1.54, 1.807) is 11.6 Å². The summed E-state index contributed by atoms with van der Waals surface area (Å²) < 4.78 is 13.0. The van der Waals surface area contributed by atoms with Crippen molar-refractivity contribution in [3.63, 3.8) is 0 Å². The highest BCUT2D eigenvalue weighted by Crippen LogP contribution is 2.39. The highest BCUT2D eigenvalue weighted by molar-refractivity contribution is 5.93. The van der Waals surface area contributed by atoms with Gasteiger partial charge in [-0.25, -0.2) is 0 Å². The Bertz CT molecular complexity index is 768. The number of aryl methyl sites for hydroxylation is 3. The summed E-state index contributed by atoms with van der Waals surface area (Å²) in [5, 5.41) is 8.23. The van der Waals surface area contributed by atoms with E-state index in [0.29, 0.717) is 43.7 Å². The second-order valence-corrected chi connectivity index (χ2v) is 6.52. The van der Waals surface area contributed by atoms with E-state index in [1.165, 1.54) is 0 Å². The lowest BCUT2D eigenvalue weighted by molar-refractivity contribution is 0.0675. The molecule has 0 bridgehead atoms. The van der Waals surface area contributed by atoms with Crippen molar-refractivity contribution >= 4 is 5.91 Å². The Morgan fingerprint density at radius 2 is 2.21 bits per heavy atom. The third-order valence-corrected chi connectivity index (χ3v) is 4.88. The molecule has 0 aromatic carbocycles. The first-order chi connectivity index (χ1) is 11.6. The molecule has 0 unspecified atom stereocenters. The van der Waals surface area contributed by atoms with Crippen molar-refractivity contribution in [2.75, 3.05) is 19.7 Å². The first kappa shape index (κ1) is 15.3. The number of carbonyl (C=O) groups excluding carboxylic acids is 1. The Labute approximate surface area is 139 Å². The van der Waals surface area contributed by atoms with Crippen LogP contribution in [-0.4, -0.2) is 56.5 Å². The SMILES string of the molecule is CCn1nc(C)cc1C(=O)N1C[C@H]2[C@@H](C1)OC[C@H]2c1nc(C)no1. The lowest BCUT2D eigenvalue weighted by Crippen LogP contribution is -2.32. The Kier molecular flexibility index (Phi) is 3.64. The molecule has 3 atom stereocenters. The minimum absolute atomic E-state index is 0.0101. The summed E-state index contributed by atoms with van der Waals surface area (Å²) >= 11 is 0. The largest absolute Gasteiger partial charge is 0.375 e. The molecule has 2 aromatic heterocycles. The second-order valence-electron chi connectivity index (χ2n) is 6.52. The molecule has 8 heteroatoms. The van der Waals surface area contributed by atoms with Crippen molar-refractivity contribution in [2.45, 2.75) is 39.3 Å². The fraction of sp³-hybridized carbons (Fsp3) is 0.625. The Morgan fingerprint density at radius 3 is 2.92 bits per heavy atom. The number of hydrogen-bond acceptors (Lipinski definition) is 6. The molecule has 0 saturated carbocycles. The van der Waals surface area contributed by atoms with Crippen molar-refractivity contribution < 1.29 is 14.1 Å². The summed E-state index contributed by atoms with van der Waals surface area (Å²) in [6, 6.07) is 1.85. The van der Waals surface area contributed by atoms with Gasteiger partial charge in [-0.1, -0.05) is 5.16 Å². The summed E-state index contributed by atoms with van der Waals surface area (Å²) in [6.45, 7) is 8.18. The monoisotopic (exact) mass is 331 g/mol. The summed E-state index contributed by atoms with van der Waals surface area (Å²) in [7, 11) is 0. The number of nitrogens with zero attached hydrogens (tertiary/aromatic N) is 5. The predicted molar refractivity (Wildman–Crippen MR) is 83.5 cm³/mol. The third-order valence-electron chi connectivity index (χ3n) is 4.88. The lowest BCUT2D eigenvalue weighted by atomic mass is 9.93. The fourth-order valence-electron chi connectivity index (χ4n) is 3.72. The zero-order valence-electron chi connectivity index (χ0n) is 14.1. The molecule has 0 spiro atoms. The maximum absolute atomic E-state index is 12.9. The first-order valence-electron chi connectivity index (χ1n) is 8.32. The van der Waals surface area contributed by atoms with Gasteiger partial charge in [-0.05, 0) is 26.8 Å². The van der Waals surface area contributed by atoms with Gasteiger partial charge in [0.15, 0.2) is 5.82 Å². The van der Waals surface area contributed by atoms with Crippen molar-refractivity contribution in [1.82, 2.24) is 24.8 Å². The summed E-state index contributed by atoms with van der Waals surface area (Å²) in [4.78, 5) is 19.1. The maximum Gasteiger partial charge on any atom is 0.272 e. The van der Waals surface area contributed by atoms with E-state index in [0.717, 1.165) is 5.69 Å². The van der Waals surface area contributed by atoms with Crippen molar-refractivity contribution in [3.8, 4) is 0 Å². The van der Waals surface area contributed by atoms with Crippen LogP contribution in [-0.2, 0) is 11.3 Å². The average molecular weight is 331 g/mol. The molecule has 2 fully saturated rings. The number of amides is 1. The molecule has 0 N–H and O–H groups in total. The number of fused-ring (bicyclic) bond motifs is 1. The number of likely N-dealkylation sites (tertiary alicyclic amines) is 1. The Morgan fingerprint density at radius 1 is 1.38 bits per heavy atom. The molecule has 4 heterocycles. The number of ether oxygens (including phenoxy) is 1. The molecular weight excluding hydrogens is 310 g/mol.